The molecule has 48 valence electrons. The van der Waals surface area contributed by atoms with E-state index in [2.05, 4.69) is 12.2 Å². The molecule has 0 unspecified atom stereocenters. The minimum absolute atomic E-state index is 0.157. The Morgan fingerprint density at radius 1 is 1.75 bits per heavy atom. The van der Waals surface area contributed by atoms with Gasteiger partial charge in [0, 0.05) is 6.04 Å². The van der Waals surface area contributed by atoms with Crippen LogP contribution < -0.4 is 5.32 Å². The second-order valence-corrected chi connectivity index (χ2v) is 2.60. The van der Waals surface area contributed by atoms with E-state index in [0.717, 1.165) is 13.0 Å². The van der Waals surface area contributed by atoms with E-state index in [0.29, 0.717) is 5.92 Å². The van der Waals surface area contributed by atoms with Gasteiger partial charge in [0.15, 0.2) is 0 Å². The molecule has 0 saturated carbocycles. The Morgan fingerprint density at radius 3 is 2.75 bits per heavy atom. The van der Waals surface area contributed by atoms with Gasteiger partial charge < -0.3 is 5.32 Å². The summed E-state index contributed by atoms with van der Waals surface area (Å²) in [7, 11) is 0. The fourth-order valence-electron chi connectivity index (χ4n) is 1.14. The van der Waals surface area contributed by atoms with Crippen LogP contribution in [0, 0.1) is 5.92 Å². The molecule has 8 heavy (non-hydrogen) atoms. The highest BCUT2D eigenvalue weighted by molar-refractivity contribution is 4.77. The van der Waals surface area contributed by atoms with Gasteiger partial charge in [-0.1, -0.05) is 6.92 Å². The molecule has 1 N–H and O–H groups in total. The highest BCUT2D eigenvalue weighted by Gasteiger charge is 2.19. The lowest BCUT2D eigenvalue weighted by Gasteiger charge is -2.00. The normalized spacial score (nSPS) is 38.2. The minimum atomic E-state index is -0.204. The van der Waals surface area contributed by atoms with Gasteiger partial charge in [-0.05, 0) is 18.9 Å². The highest BCUT2D eigenvalue weighted by Crippen LogP contribution is 2.12. The minimum Gasteiger partial charge on any atom is -0.311 e. The summed E-state index contributed by atoms with van der Waals surface area (Å²) in [4.78, 5) is 0. The van der Waals surface area contributed by atoms with E-state index in [1.165, 1.54) is 0 Å². The molecule has 1 heterocycles. The number of rotatable bonds is 1. The molecule has 0 aromatic heterocycles. The van der Waals surface area contributed by atoms with Crippen LogP contribution in [0.3, 0.4) is 0 Å². The van der Waals surface area contributed by atoms with Crippen LogP contribution >= 0.6 is 0 Å². The van der Waals surface area contributed by atoms with Crippen molar-refractivity contribution >= 4 is 0 Å². The average Bonchev–Trinajstić information content (AvgIpc) is 2.14. The second-order valence-electron chi connectivity index (χ2n) is 2.60. The lowest BCUT2D eigenvalue weighted by molar-refractivity contribution is 0.401. The van der Waals surface area contributed by atoms with Gasteiger partial charge >= 0.3 is 0 Å². The maximum absolute atomic E-state index is 11.8. The molecule has 0 bridgehead atoms. The molecule has 0 amide bonds. The van der Waals surface area contributed by atoms with Gasteiger partial charge in [0.25, 0.3) is 0 Å². The zero-order valence-corrected chi connectivity index (χ0v) is 5.15. The molecule has 1 saturated heterocycles. The Morgan fingerprint density at radius 2 is 2.50 bits per heavy atom. The van der Waals surface area contributed by atoms with Crippen LogP contribution in [-0.4, -0.2) is 19.3 Å². The molecule has 1 aliphatic heterocycles. The van der Waals surface area contributed by atoms with Gasteiger partial charge in [-0.2, -0.15) is 0 Å². The molecule has 0 aromatic carbocycles. The molecule has 0 aromatic rings. The molecule has 1 nitrogen and oxygen atoms in total. The Hall–Kier alpha value is -0.110. The quantitative estimate of drug-likeness (QED) is 0.539. The molecule has 0 radical (unpaired) electrons. The van der Waals surface area contributed by atoms with E-state index >= 15 is 0 Å². The summed E-state index contributed by atoms with van der Waals surface area (Å²) in [6, 6.07) is 0.157. The van der Waals surface area contributed by atoms with Gasteiger partial charge in [-0.25, -0.2) is 4.39 Å². The summed E-state index contributed by atoms with van der Waals surface area (Å²) in [6.07, 6.45) is 1.01. The lowest BCUT2D eigenvalue weighted by Crippen LogP contribution is -2.22. The molecule has 1 rings (SSSR count). The number of hydrogen-bond donors (Lipinski definition) is 1. The number of alkyl halides is 1. The number of halogens is 1. The Kier molecular flexibility index (Phi) is 1.84. The largest absolute Gasteiger partial charge is 0.311 e. The van der Waals surface area contributed by atoms with Crippen LogP contribution in [-0.2, 0) is 0 Å². The molecule has 2 heteroatoms. The first kappa shape index (κ1) is 6.02. The highest BCUT2D eigenvalue weighted by atomic mass is 19.1. The van der Waals surface area contributed by atoms with Crippen molar-refractivity contribution in [2.24, 2.45) is 5.92 Å². The van der Waals surface area contributed by atoms with E-state index in [4.69, 9.17) is 0 Å². The van der Waals surface area contributed by atoms with Crippen molar-refractivity contribution < 1.29 is 4.39 Å². The van der Waals surface area contributed by atoms with Crippen LogP contribution in [0.1, 0.15) is 13.3 Å². The van der Waals surface area contributed by atoms with Crippen molar-refractivity contribution in [2.75, 3.05) is 13.2 Å². The molecule has 2 atom stereocenters. The summed E-state index contributed by atoms with van der Waals surface area (Å²) in [5.41, 5.74) is 0. The van der Waals surface area contributed by atoms with Crippen LogP contribution in [0.2, 0.25) is 0 Å². The van der Waals surface area contributed by atoms with Crippen LogP contribution in [0.5, 0.6) is 0 Å². The van der Waals surface area contributed by atoms with Crippen molar-refractivity contribution in [2.45, 2.75) is 19.4 Å². The summed E-state index contributed by atoms with van der Waals surface area (Å²) in [6.45, 7) is 2.93. The van der Waals surface area contributed by atoms with E-state index in [1.54, 1.807) is 0 Å². The monoisotopic (exact) mass is 117 g/mol. The van der Waals surface area contributed by atoms with Crippen LogP contribution in [0.15, 0.2) is 0 Å². The Balaban J connectivity index is 2.22. The zero-order chi connectivity index (χ0) is 5.98. The van der Waals surface area contributed by atoms with E-state index in [9.17, 15) is 4.39 Å². The first-order valence-corrected chi connectivity index (χ1v) is 3.12. The van der Waals surface area contributed by atoms with Crippen LogP contribution in [0.25, 0.3) is 0 Å². The summed E-state index contributed by atoms with van der Waals surface area (Å²) in [5.74, 6) is 0.677. The average molecular weight is 117 g/mol. The number of hydrogen-bond acceptors (Lipinski definition) is 1. The van der Waals surface area contributed by atoms with Crippen molar-refractivity contribution in [1.29, 1.82) is 0 Å². The topological polar surface area (TPSA) is 12.0 Å². The first-order valence-electron chi connectivity index (χ1n) is 3.12. The zero-order valence-electron chi connectivity index (χ0n) is 5.15. The molecule has 1 fully saturated rings. The third-order valence-corrected chi connectivity index (χ3v) is 1.63. The molecule has 0 aliphatic carbocycles. The van der Waals surface area contributed by atoms with Crippen LogP contribution in [0.4, 0.5) is 4.39 Å². The van der Waals surface area contributed by atoms with Crippen molar-refractivity contribution in [3.8, 4) is 0 Å². The van der Waals surface area contributed by atoms with Gasteiger partial charge in [0.2, 0.25) is 0 Å². The SMILES string of the molecule is C[C@H]1CN[C@@H](CF)C1. The summed E-state index contributed by atoms with van der Waals surface area (Å²) in [5, 5.41) is 3.08. The van der Waals surface area contributed by atoms with Gasteiger partial charge in [-0.3, -0.25) is 0 Å². The predicted molar refractivity (Wildman–Crippen MR) is 31.5 cm³/mol. The summed E-state index contributed by atoms with van der Waals surface area (Å²) >= 11 is 0. The Bertz CT molecular complexity index is 74.9. The van der Waals surface area contributed by atoms with E-state index in [-0.39, 0.29) is 12.7 Å². The van der Waals surface area contributed by atoms with Crippen molar-refractivity contribution in [3.05, 3.63) is 0 Å². The Labute approximate surface area is 49.3 Å². The van der Waals surface area contributed by atoms with Gasteiger partial charge in [0.05, 0.1) is 0 Å². The third kappa shape index (κ3) is 1.19. The maximum Gasteiger partial charge on any atom is 0.105 e. The second kappa shape index (κ2) is 2.44. The molecule has 1 aliphatic rings. The fourth-order valence-corrected chi connectivity index (χ4v) is 1.14. The van der Waals surface area contributed by atoms with Crippen molar-refractivity contribution in [3.63, 3.8) is 0 Å². The van der Waals surface area contributed by atoms with Gasteiger partial charge in [-0.15, -0.1) is 0 Å². The molecular weight excluding hydrogens is 105 g/mol. The fraction of sp³-hybridized carbons (Fsp3) is 1.00. The first-order chi connectivity index (χ1) is 3.83. The predicted octanol–water partition coefficient (Wildman–Crippen LogP) is 0.954. The summed E-state index contributed by atoms with van der Waals surface area (Å²) < 4.78 is 11.8. The van der Waals surface area contributed by atoms with E-state index in [1.807, 2.05) is 0 Å². The smallest absolute Gasteiger partial charge is 0.105 e. The third-order valence-electron chi connectivity index (χ3n) is 1.63. The standard InChI is InChI=1S/C6H12FN/c1-5-2-6(3-7)8-4-5/h5-6,8H,2-4H2,1H3/t5-,6-/m1/s1. The maximum atomic E-state index is 11.8. The van der Waals surface area contributed by atoms with Crippen molar-refractivity contribution in [1.82, 2.24) is 5.32 Å². The lowest BCUT2D eigenvalue weighted by atomic mass is 10.1. The van der Waals surface area contributed by atoms with Gasteiger partial charge in [0.1, 0.15) is 6.67 Å². The number of nitrogens with one attached hydrogen (secondary N) is 1. The molecule has 0 spiro atoms. The molecular formula is C6H12FN. The van der Waals surface area contributed by atoms with E-state index < -0.39 is 0 Å².